The van der Waals surface area contributed by atoms with Gasteiger partial charge in [-0.2, -0.15) is 0 Å². The summed E-state index contributed by atoms with van der Waals surface area (Å²) in [7, 11) is 0. The van der Waals surface area contributed by atoms with Crippen LogP contribution in [-0.2, 0) is 9.47 Å². The lowest BCUT2D eigenvalue weighted by molar-refractivity contribution is -0.153. The van der Waals surface area contributed by atoms with Crippen LogP contribution in [-0.4, -0.2) is 49.5 Å². The van der Waals surface area contributed by atoms with Crippen molar-refractivity contribution < 1.29 is 9.47 Å². The molecule has 1 saturated heterocycles. The third kappa shape index (κ3) is 2.92. The maximum Gasteiger partial charge on any atom is 0.0809 e. The Balaban J connectivity index is 1.69. The van der Waals surface area contributed by atoms with Crippen molar-refractivity contribution in [1.82, 2.24) is 4.90 Å². The molecule has 0 atom stereocenters. The van der Waals surface area contributed by atoms with Gasteiger partial charge in [-0.25, -0.2) is 0 Å². The fourth-order valence-electron chi connectivity index (χ4n) is 2.41. The highest BCUT2D eigenvalue weighted by Crippen LogP contribution is 2.37. The van der Waals surface area contributed by atoms with Crippen LogP contribution in [0.4, 0.5) is 0 Å². The second-order valence-electron chi connectivity index (χ2n) is 5.08. The number of rotatable bonds is 4. The van der Waals surface area contributed by atoms with Crippen LogP contribution in [0.15, 0.2) is 0 Å². The van der Waals surface area contributed by atoms with Gasteiger partial charge < -0.3 is 9.47 Å². The molecule has 0 bridgehead atoms. The van der Waals surface area contributed by atoms with Gasteiger partial charge in [0, 0.05) is 19.6 Å². The Bertz CT molecular complexity index is 202. The van der Waals surface area contributed by atoms with Crippen molar-refractivity contribution >= 4 is 0 Å². The monoisotopic (exact) mass is 213 g/mol. The van der Waals surface area contributed by atoms with Crippen molar-refractivity contribution in [3.63, 3.8) is 0 Å². The number of nitrogens with zero attached hydrogens (tertiary/aromatic N) is 1. The van der Waals surface area contributed by atoms with E-state index in [0.29, 0.717) is 6.10 Å². The minimum absolute atomic E-state index is 0.232. The van der Waals surface area contributed by atoms with Crippen molar-refractivity contribution in [3.05, 3.63) is 0 Å². The van der Waals surface area contributed by atoms with E-state index in [0.717, 1.165) is 32.8 Å². The lowest BCUT2D eigenvalue weighted by Gasteiger charge is -2.48. The summed E-state index contributed by atoms with van der Waals surface area (Å²) in [4.78, 5) is 2.49. The van der Waals surface area contributed by atoms with Gasteiger partial charge in [0.2, 0.25) is 0 Å². The molecule has 2 rings (SSSR count). The van der Waals surface area contributed by atoms with Crippen molar-refractivity contribution in [3.8, 4) is 0 Å². The summed E-state index contributed by atoms with van der Waals surface area (Å²) in [6.45, 7) is 9.19. The van der Waals surface area contributed by atoms with E-state index < -0.39 is 0 Å². The number of hydrogen-bond donors (Lipinski definition) is 0. The first-order valence-electron chi connectivity index (χ1n) is 6.18. The molecule has 88 valence electrons. The summed E-state index contributed by atoms with van der Waals surface area (Å²) in [5.74, 6) is 0. The Morgan fingerprint density at radius 3 is 2.80 bits per heavy atom. The molecule has 1 aliphatic heterocycles. The Morgan fingerprint density at radius 2 is 2.20 bits per heavy atom. The minimum Gasteiger partial charge on any atom is -0.377 e. The molecule has 1 saturated carbocycles. The van der Waals surface area contributed by atoms with Crippen LogP contribution in [0.2, 0.25) is 0 Å². The molecule has 1 spiro atoms. The molecule has 0 aromatic carbocycles. The van der Waals surface area contributed by atoms with Gasteiger partial charge in [-0.3, -0.25) is 4.90 Å². The summed E-state index contributed by atoms with van der Waals surface area (Å²) in [6, 6.07) is 0. The van der Waals surface area contributed by atoms with E-state index in [1.54, 1.807) is 0 Å². The highest BCUT2D eigenvalue weighted by atomic mass is 16.5. The van der Waals surface area contributed by atoms with Gasteiger partial charge in [-0.15, -0.1) is 0 Å². The van der Waals surface area contributed by atoms with Gasteiger partial charge in [-0.05, 0) is 33.1 Å². The summed E-state index contributed by atoms with van der Waals surface area (Å²) in [6.07, 6.45) is 4.21. The van der Waals surface area contributed by atoms with E-state index in [2.05, 4.69) is 18.7 Å². The van der Waals surface area contributed by atoms with Crippen LogP contribution < -0.4 is 0 Å². The lowest BCUT2D eigenvalue weighted by Crippen LogP contribution is -2.56. The Morgan fingerprint density at radius 1 is 1.40 bits per heavy atom. The molecule has 3 heteroatoms. The first-order chi connectivity index (χ1) is 7.20. The van der Waals surface area contributed by atoms with Crippen LogP contribution >= 0.6 is 0 Å². The highest BCUT2D eigenvalue weighted by Gasteiger charge is 2.41. The van der Waals surface area contributed by atoms with Crippen LogP contribution in [0.25, 0.3) is 0 Å². The van der Waals surface area contributed by atoms with Crippen LogP contribution in [0.1, 0.15) is 33.1 Å². The number of hydrogen-bond acceptors (Lipinski definition) is 3. The molecular formula is C12H23NO2. The Labute approximate surface area is 92.7 Å². The first-order valence-corrected chi connectivity index (χ1v) is 6.18. The van der Waals surface area contributed by atoms with Gasteiger partial charge in [-0.1, -0.05) is 0 Å². The molecule has 0 N–H and O–H groups in total. The minimum atomic E-state index is 0.232. The molecule has 1 aliphatic carbocycles. The largest absolute Gasteiger partial charge is 0.377 e. The van der Waals surface area contributed by atoms with E-state index in [9.17, 15) is 0 Å². The molecule has 0 unspecified atom stereocenters. The fourth-order valence-corrected chi connectivity index (χ4v) is 2.41. The molecule has 1 heterocycles. The van der Waals surface area contributed by atoms with E-state index in [-0.39, 0.29) is 5.60 Å². The van der Waals surface area contributed by atoms with Crippen LogP contribution in [0.3, 0.4) is 0 Å². The van der Waals surface area contributed by atoms with Gasteiger partial charge in [0.15, 0.2) is 0 Å². The van der Waals surface area contributed by atoms with E-state index >= 15 is 0 Å². The molecule has 0 aromatic heterocycles. The zero-order valence-corrected chi connectivity index (χ0v) is 10.00. The van der Waals surface area contributed by atoms with Crippen molar-refractivity contribution in [2.45, 2.75) is 44.8 Å². The van der Waals surface area contributed by atoms with Crippen LogP contribution in [0.5, 0.6) is 0 Å². The second kappa shape index (κ2) is 4.81. The van der Waals surface area contributed by atoms with E-state index in [4.69, 9.17) is 9.47 Å². The van der Waals surface area contributed by atoms with Crippen molar-refractivity contribution in [2.75, 3.05) is 32.8 Å². The van der Waals surface area contributed by atoms with Gasteiger partial charge in [0.25, 0.3) is 0 Å². The second-order valence-corrected chi connectivity index (χ2v) is 5.08. The molecule has 2 aliphatic rings. The topological polar surface area (TPSA) is 21.7 Å². The normalized spacial score (nSPS) is 25.8. The lowest BCUT2D eigenvalue weighted by atomic mass is 9.79. The van der Waals surface area contributed by atoms with Crippen molar-refractivity contribution in [2.24, 2.45) is 0 Å². The molecule has 3 nitrogen and oxygen atoms in total. The van der Waals surface area contributed by atoms with Gasteiger partial charge in [0.05, 0.1) is 24.9 Å². The summed E-state index contributed by atoms with van der Waals surface area (Å²) >= 11 is 0. The average Bonchev–Trinajstić information content (AvgIpc) is 2.15. The molecular weight excluding hydrogens is 190 g/mol. The third-order valence-corrected chi connectivity index (χ3v) is 3.45. The van der Waals surface area contributed by atoms with Gasteiger partial charge >= 0.3 is 0 Å². The Kier molecular flexibility index (Phi) is 3.65. The predicted octanol–water partition coefficient (Wildman–Crippen LogP) is 1.67. The Hall–Kier alpha value is -0.120. The van der Waals surface area contributed by atoms with Gasteiger partial charge in [0.1, 0.15) is 0 Å². The quantitative estimate of drug-likeness (QED) is 0.709. The summed E-state index contributed by atoms with van der Waals surface area (Å²) in [5, 5.41) is 0. The molecule has 2 fully saturated rings. The van der Waals surface area contributed by atoms with E-state index in [1.165, 1.54) is 19.3 Å². The summed E-state index contributed by atoms with van der Waals surface area (Å²) in [5.41, 5.74) is 0.232. The van der Waals surface area contributed by atoms with Crippen LogP contribution in [0, 0.1) is 0 Å². The summed E-state index contributed by atoms with van der Waals surface area (Å²) < 4.78 is 11.5. The third-order valence-electron chi connectivity index (χ3n) is 3.45. The number of ether oxygens (including phenoxy) is 2. The zero-order chi connectivity index (χ0) is 10.7. The first kappa shape index (κ1) is 11.4. The smallest absolute Gasteiger partial charge is 0.0809 e. The molecule has 0 amide bonds. The molecule has 0 radical (unpaired) electrons. The average molecular weight is 213 g/mol. The molecule has 15 heavy (non-hydrogen) atoms. The maximum atomic E-state index is 5.88. The highest BCUT2D eigenvalue weighted by molar-refractivity contribution is 4.94. The standard InChI is InChI=1S/C12H23NO2/c1-11(2)14-8-6-13-7-9-15-12(10-13)4-3-5-12/h11H,3-10H2,1-2H3. The number of morpholine rings is 1. The SMILES string of the molecule is CC(C)OCCN1CCOC2(CCC2)C1. The van der Waals surface area contributed by atoms with Crippen molar-refractivity contribution in [1.29, 1.82) is 0 Å². The maximum absolute atomic E-state index is 5.88. The zero-order valence-electron chi connectivity index (χ0n) is 10.00. The predicted molar refractivity (Wildman–Crippen MR) is 60.1 cm³/mol. The fraction of sp³-hybridized carbons (Fsp3) is 1.00. The van der Waals surface area contributed by atoms with E-state index in [1.807, 2.05) is 0 Å². The molecule has 0 aromatic rings.